The summed E-state index contributed by atoms with van der Waals surface area (Å²) in [7, 11) is 1.29. The van der Waals surface area contributed by atoms with Gasteiger partial charge in [0.15, 0.2) is 0 Å². The summed E-state index contributed by atoms with van der Waals surface area (Å²) >= 11 is 0. The largest absolute Gasteiger partial charge is 0.573 e. The zero-order valence-electron chi connectivity index (χ0n) is 13.8. The van der Waals surface area contributed by atoms with Crippen LogP contribution >= 0.6 is 0 Å². The number of benzene rings is 1. The second-order valence-corrected chi connectivity index (χ2v) is 5.80. The number of rotatable bonds is 5. The van der Waals surface area contributed by atoms with Crippen LogP contribution in [0.4, 0.5) is 23.7 Å². The first-order chi connectivity index (χ1) is 11.8. The molecule has 140 valence electrons. The molecule has 0 saturated heterocycles. The van der Waals surface area contributed by atoms with E-state index in [0.717, 1.165) is 44.2 Å². The third kappa shape index (κ3) is 5.70. The summed E-state index contributed by atoms with van der Waals surface area (Å²) in [4.78, 5) is 12.1. The Labute approximate surface area is 143 Å². The number of alkyl halides is 3. The molecule has 9 heteroatoms. The quantitative estimate of drug-likeness (QED) is 0.749. The highest BCUT2D eigenvalue weighted by Gasteiger charge is 2.32. The first kappa shape index (κ1) is 19.2. The van der Waals surface area contributed by atoms with Gasteiger partial charge < -0.3 is 25.2 Å². The summed E-state index contributed by atoms with van der Waals surface area (Å²) in [6, 6.07) is 1.51. The van der Waals surface area contributed by atoms with Gasteiger partial charge in [-0.1, -0.05) is 19.3 Å². The molecular formula is C16H21F3N2O4. The average molecular weight is 362 g/mol. The van der Waals surface area contributed by atoms with E-state index in [2.05, 4.69) is 15.4 Å². The molecule has 1 aliphatic rings. The van der Waals surface area contributed by atoms with Crippen molar-refractivity contribution in [3.63, 3.8) is 0 Å². The van der Waals surface area contributed by atoms with Crippen LogP contribution in [0.25, 0.3) is 0 Å². The smallest absolute Gasteiger partial charge is 0.494 e. The van der Waals surface area contributed by atoms with Crippen molar-refractivity contribution in [2.24, 2.45) is 0 Å². The number of nitrogens with one attached hydrogen (secondary N) is 2. The van der Waals surface area contributed by atoms with Crippen LogP contribution in [0.1, 0.15) is 37.7 Å². The molecule has 0 unspecified atom stereocenters. The second kappa shape index (κ2) is 8.28. The van der Waals surface area contributed by atoms with Gasteiger partial charge in [0.25, 0.3) is 0 Å². The topological polar surface area (TPSA) is 79.8 Å². The molecule has 1 fully saturated rings. The van der Waals surface area contributed by atoms with E-state index >= 15 is 0 Å². The van der Waals surface area contributed by atoms with Crippen molar-refractivity contribution in [3.8, 4) is 11.5 Å². The lowest BCUT2D eigenvalue weighted by molar-refractivity contribution is -0.274. The lowest BCUT2D eigenvalue weighted by atomic mass is 9.96. The molecule has 0 aliphatic heterocycles. The number of hydrogen-bond donors (Lipinski definition) is 3. The van der Waals surface area contributed by atoms with Gasteiger partial charge in [-0.3, -0.25) is 0 Å². The molecule has 2 rings (SSSR count). The van der Waals surface area contributed by atoms with Crippen molar-refractivity contribution in [1.29, 1.82) is 0 Å². The fourth-order valence-electron chi connectivity index (χ4n) is 2.89. The summed E-state index contributed by atoms with van der Waals surface area (Å²) in [5, 5.41) is 14.6. The highest BCUT2D eigenvalue weighted by molar-refractivity contribution is 5.91. The van der Waals surface area contributed by atoms with Gasteiger partial charge in [-0.2, -0.15) is 0 Å². The van der Waals surface area contributed by atoms with E-state index in [1.54, 1.807) is 0 Å². The Bertz CT molecular complexity index is 602. The van der Waals surface area contributed by atoms with Gasteiger partial charge in [0.1, 0.15) is 11.5 Å². The van der Waals surface area contributed by atoms with Gasteiger partial charge >= 0.3 is 12.4 Å². The lowest BCUT2D eigenvalue weighted by Gasteiger charge is -2.23. The monoisotopic (exact) mass is 362 g/mol. The average Bonchev–Trinajstić information content (AvgIpc) is 2.53. The van der Waals surface area contributed by atoms with Crippen molar-refractivity contribution in [1.82, 2.24) is 5.32 Å². The van der Waals surface area contributed by atoms with Crippen molar-refractivity contribution in [3.05, 3.63) is 17.7 Å². The predicted molar refractivity (Wildman–Crippen MR) is 84.6 cm³/mol. The van der Waals surface area contributed by atoms with Gasteiger partial charge in [0, 0.05) is 17.7 Å². The van der Waals surface area contributed by atoms with E-state index in [4.69, 9.17) is 4.74 Å². The van der Waals surface area contributed by atoms with E-state index in [1.807, 2.05) is 0 Å². The van der Waals surface area contributed by atoms with E-state index in [9.17, 15) is 23.1 Å². The van der Waals surface area contributed by atoms with Gasteiger partial charge in [-0.05, 0) is 18.9 Å². The fourth-order valence-corrected chi connectivity index (χ4v) is 2.89. The van der Waals surface area contributed by atoms with Gasteiger partial charge in [-0.15, -0.1) is 13.2 Å². The Kier molecular flexibility index (Phi) is 6.35. The number of carbonyl (C=O) groups is 1. The number of aliphatic hydroxyl groups excluding tert-OH is 1. The molecule has 0 radical (unpaired) electrons. The minimum absolute atomic E-state index is 0.0124. The maximum absolute atomic E-state index is 12.4. The number of anilines is 1. The number of urea groups is 1. The van der Waals surface area contributed by atoms with E-state index in [-0.39, 0.29) is 23.0 Å². The van der Waals surface area contributed by atoms with Gasteiger partial charge in [0.05, 0.1) is 19.4 Å². The van der Waals surface area contributed by atoms with Crippen LogP contribution < -0.4 is 20.1 Å². The van der Waals surface area contributed by atoms with Crippen LogP contribution in [0.2, 0.25) is 0 Å². The fraction of sp³-hybridized carbons (Fsp3) is 0.562. The van der Waals surface area contributed by atoms with Crippen molar-refractivity contribution in [2.75, 3.05) is 12.4 Å². The molecule has 2 amide bonds. The Morgan fingerprint density at radius 3 is 2.52 bits per heavy atom. The first-order valence-corrected chi connectivity index (χ1v) is 7.97. The Morgan fingerprint density at radius 2 is 1.96 bits per heavy atom. The minimum atomic E-state index is -4.89. The van der Waals surface area contributed by atoms with Crippen LogP contribution in [-0.4, -0.2) is 30.7 Å². The molecule has 1 aliphatic carbocycles. The van der Waals surface area contributed by atoms with Crippen LogP contribution in [0.5, 0.6) is 11.5 Å². The standard InChI is InChI=1S/C16H21F3N2O4/c1-24-14-10(9-22)7-12(25-16(17,18)19)8-13(14)21-15(23)20-11-5-3-2-4-6-11/h7-8,11,22H,2-6,9H2,1H3,(H2,20,21,23). The van der Waals surface area contributed by atoms with Gasteiger partial charge in [0.2, 0.25) is 0 Å². The maximum Gasteiger partial charge on any atom is 0.573 e. The summed E-state index contributed by atoms with van der Waals surface area (Å²) in [5.74, 6) is -0.471. The lowest BCUT2D eigenvalue weighted by Crippen LogP contribution is -2.39. The molecular weight excluding hydrogens is 341 g/mol. The number of methoxy groups -OCH3 is 1. The van der Waals surface area contributed by atoms with Crippen molar-refractivity contribution >= 4 is 11.7 Å². The summed E-state index contributed by atoms with van der Waals surface area (Å²) in [6.07, 6.45) is 0.0241. The normalized spacial score (nSPS) is 15.6. The highest BCUT2D eigenvalue weighted by Crippen LogP contribution is 2.36. The number of hydrogen-bond acceptors (Lipinski definition) is 4. The third-order valence-corrected chi connectivity index (χ3v) is 3.94. The molecule has 0 heterocycles. The van der Waals surface area contributed by atoms with Crippen molar-refractivity contribution < 1.29 is 32.5 Å². The molecule has 1 saturated carbocycles. The van der Waals surface area contributed by atoms with Gasteiger partial charge in [-0.25, -0.2) is 4.79 Å². The van der Waals surface area contributed by atoms with E-state index in [0.29, 0.717) is 0 Å². The minimum Gasteiger partial charge on any atom is -0.494 e. The van der Waals surface area contributed by atoms with E-state index < -0.39 is 24.7 Å². The Balaban J connectivity index is 2.18. The highest BCUT2D eigenvalue weighted by atomic mass is 19.4. The van der Waals surface area contributed by atoms with Crippen LogP contribution in [0.3, 0.4) is 0 Å². The first-order valence-electron chi connectivity index (χ1n) is 7.97. The molecule has 0 atom stereocenters. The molecule has 25 heavy (non-hydrogen) atoms. The third-order valence-electron chi connectivity index (χ3n) is 3.94. The zero-order valence-corrected chi connectivity index (χ0v) is 13.8. The summed E-state index contributed by atoms with van der Waals surface area (Å²) in [6.45, 7) is -0.572. The molecule has 0 aromatic heterocycles. The van der Waals surface area contributed by atoms with Crippen LogP contribution in [0, 0.1) is 0 Å². The Morgan fingerprint density at radius 1 is 1.28 bits per heavy atom. The number of ether oxygens (including phenoxy) is 2. The van der Waals surface area contributed by atoms with E-state index in [1.165, 1.54) is 7.11 Å². The zero-order chi connectivity index (χ0) is 18.4. The maximum atomic E-state index is 12.4. The summed E-state index contributed by atoms with van der Waals surface area (Å²) in [5.41, 5.74) is 0.0545. The molecule has 1 aromatic carbocycles. The molecule has 0 spiro atoms. The number of halogens is 3. The SMILES string of the molecule is COc1c(CO)cc(OC(F)(F)F)cc1NC(=O)NC1CCCCC1. The number of aliphatic hydroxyl groups is 1. The molecule has 3 N–H and O–H groups in total. The predicted octanol–water partition coefficient (Wildman–Crippen LogP) is 3.54. The summed E-state index contributed by atoms with van der Waals surface area (Å²) < 4.78 is 46.3. The molecule has 1 aromatic rings. The second-order valence-electron chi connectivity index (χ2n) is 5.80. The van der Waals surface area contributed by atoms with Crippen molar-refractivity contribution in [2.45, 2.75) is 51.1 Å². The molecule has 0 bridgehead atoms. The van der Waals surface area contributed by atoms with Crippen LogP contribution in [0.15, 0.2) is 12.1 Å². The van der Waals surface area contributed by atoms with Crippen LogP contribution in [-0.2, 0) is 6.61 Å². The number of carbonyl (C=O) groups excluding carboxylic acids is 1. The number of amides is 2. The Hall–Kier alpha value is -2.16. The molecule has 6 nitrogen and oxygen atoms in total.